The highest BCUT2D eigenvalue weighted by Gasteiger charge is 2.32. The Morgan fingerprint density at radius 3 is 2.81 bits per heavy atom. The van der Waals surface area contributed by atoms with E-state index in [1.165, 1.54) is 19.8 Å². The number of aryl methyl sites for hydroxylation is 1. The van der Waals surface area contributed by atoms with Gasteiger partial charge < -0.3 is 19.6 Å². The number of furan rings is 1. The van der Waals surface area contributed by atoms with Crippen LogP contribution in [0.5, 0.6) is 5.75 Å². The second kappa shape index (κ2) is 7.23. The summed E-state index contributed by atoms with van der Waals surface area (Å²) in [4.78, 5) is 12.7. The van der Waals surface area contributed by atoms with Crippen LogP contribution in [-0.2, 0) is 0 Å². The average Bonchev–Trinajstić information content (AvgIpc) is 3.33. The maximum Gasteiger partial charge on any atom is 0.255 e. The van der Waals surface area contributed by atoms with Crippen molar-refractivity contribution in [1.82, 2.24) is 5.32 Å². The SMILES string of the molecule is Cc1oc2ccc(OCC3CC3)cc2c1C(=O)NC(C)(CO)CC(F)F. The summed E-state index contributed by atoms with van der Waals surface area (Å²) in [5.74, 6) is 1.06. The van der Waals surface area contributed by atoms with Crippen LogP contribution in [0.25, 0.3) is 11.0 Å². The van der Waals surface area contributed by atoms with Gasteiger partial charge in [-0.2, -0.15) is 0 Å². The molecule has 2 aromatic rings. The van der Waals surface area contributed by atoms with Crippen molar-refractivity contribution in [2.75, 3.05) is 13.2 Å². The molecule has 0 saturated heterocycles. The van der Waals surface area contributed by atoms with Crippen molar-refractivity contribution < 1.29 is 27.8 Å². The monoisotopic (exact) mass is 367 g/mol. The molecule has 1 fully saturated rings. The third kappa shape index (κ3) is 4.15. The van der Waals surface area contributed by atoms with Gasteiger partial charge in [0.15, 0.2) is 0 Å². The van der Waals surface area contributed by atoms with Gasteiger partial charge in [0.05, 0.1) is 24.3 Å². The minimum Gasteiger partial charge on any atom is -0.493 e. The van der Waals surface area contributed by atoms with Crippen LogP contribution in [0.3, 0.4) is 0 Å². The predicted octanol–water partition coefficient (Wildman–Crippen LogP) is 3.67. The molecule has 0 spiro atoms. The van der Waals surface area contributed by atoms with Gasteiger partial charge in [0.25, 0.3) is 5.91 Å². The second-order valence-electron chi connectivity index (χ2n) is 7.21. The van der Waals surface area contributed by atoms with Gasteiger partial charge in [-0.3, -0.25) is 4.79 Å². The molecule has 1 amide bonds. The fraction of sp³-hybridized carbons (Fsp3) is 0.526. The van der Waals surface area contributed by atoms with Crippen LogP contribution in [-0.4, -0.2) is 36.2 Å². The van der Waals surface area contributed by atoms with E-state index in [1.54, 1.807) is 25.1 Å². The molecule has 0 bridgehead atoms. The number of benzene rings is 1. The van der Waals surface area contributed by atoms with Gasteiger partial charge in [0.1, 0.15) is 17.1 Å². The van der Waals surface area contributed by atoms with E-state index in [4.69, 9.17) is 9.15 Å². The summed E-state index contributed by atoms with van der Waals surface area (Å²) in [5, 5.41) is 12.5. The Kier molecular flexibility index (Phi) is 5.18. The first-order chi connectivity index (χ1) is 12.3. The number of nitrogens with one attached hydrogen (secondary N) is 1. The number of ether oxygens (including phenoxy) is 1. The van der Waals surface area contributed by atoms with Crippen molar-refractivity contribution in [2.24, 2.45) is 5.92 Å². The molecule has 7 heteroatoms. The molecule has 1 saturated carbocycles. The van der Waals surface area contributed by atoms with E-state index in [2.05, 4.69) is 5.32 Å². The average molecular weight is 367 g/mol. The lowest BCUT2D eigenvalue weighted by Crippen LogP contribution is -2.50. The molecule has 3 rings (SSSR count). The van der Waals surface area contributed by atoms with Gasteiger partial charge in [-0.05, 0) is 50.8 Å². The molecule has 0 aliphatic heterocycles. The maximum absolute atomic E-state index is 12.8. The molecule has 1 heterocycles. The van der Waals surface area contributed by atoms with E-state index in [0.717, 1.165) is 0 Å². The van der Waals surface area contributed by atoms with Crippen LogP contribution in [0.15, 0.2) is 22.6 Å². The van der Waals surface area contributed by atoms with E-state index in [9.17, 15) is 18.7 Å². The van der Waals surface area contributed by atoms with Crippen molar-refractivity contribution in [3.63, 3.8) is 0 Å². The number of hydrogen-bond acceptors (Lipinski definition) is 4. The highest BCUT2D eigenvalue weighted by molar-refractivity contribution is 6.07. The smallest absolute Gasteiger partial charge is 0.255 e. The number of carbonyl (C=O) groups is 1. The zero-order chi connectivity index (χ0) is 18.9. The highest BCUT2D eigenvalue weighted by Crippen LogP contribution is 2.32. The number of aliphatic hydroxyl groups is 1. The largest absolute Gasteiger partial charge is 0.493 e. The molecule has 26 heavy (non-hydrogen) atoms. The number of fused-ring (bicyclic) bond motifs is 1. The standard InChI is InChI=1S/C19H23F2NO4/c1-11-17(18(24)22-19(2,10-23)8-16(20)21)14-7-13(5-6-15(14)26-11)25-9-12-3-4-12/h5-7,12,16,23H,3-4,8-10H2,1-2H3,(H,22,24). The van der Waals surface area contributed by atoms with E-state index < -0.39 is 30.9 Å². The van der Waals surface area contributed by atoms with E-state index in [-0.39, 0.29) is 5.56 Å². The summed E-state index contributed by atoms with van der Waals surface area (Å²) in [6, 6.07) is 5.24. The Labute approximate surface area is 150 Å². The first-order valence-electron chi connectivity index (χ1n) is 8.69. The first-order valence-corrected chi connectivity index (χ1v) is 8.69. The topological polar surface area (TPSA) is 71.7 Å². The third-order valence-electron chi connectivity index (χ3n) is 4.61. The first kappa shape index (κ1) is 18.6. The fourth-order valence-corrected chi connectivity index (χ4v) is 2.90. The lowest BCUT2D eigenvalue weighted by molar-refractivity contribution is 0.0586. The van der Waals surface area contributed by atoms with Crippen molar-refractivity contribution in [3.05, 3.63) is 29.5 Å². The summed E-state index contributed by atoms with van der Waals surface area (Å²) in [6.45, 7) is 3.08. The molecule has 1 unspecified atom stereocenters. The molecule has 1 aliphatic carbocycles. The van der Waals surface area contributed by atoms with Gasteiger partial charge >= 0.3 is 0 Å². The Morgan fingerprint density at radius 2 is 2.19 bits per heavy atom. The molecule has 1 atom stereocenters. The fourth-order valence-electron chi connectivity index (χ4n) is 2.90. The zero-order valence-corrected chi connectivity index (χ0v) is 14.9. The molecule has 0 radical (unpaired) electrons. The van der Waals surface area contributed by atoms with Crippen LogP contribution >= 0.6 is 0 Å². The highest BCUT2D eigenvalue weighted by atomic mass is 19.3. The number of rotatable bonds is 8. The molecule has 1 aliphatic rings. The number of alkyl halides is 2. The summed E-state index contributed by atoms with van der Waals surface area (Å²) < 4.78 is 36.9. The van der Waals surface area contributed by atoms with Crippen molar-refractivity contribution in [1.29, 1.82) is 0 Å². The lowest BCUT2D eigenvalue weighted by atomic mass is 9.98. The summed E-state index contributed by atoms with van der Waals surface area (Å²) >= 11 is 0. The summed E-state index contributed by atoms with van der Waals surface area (Å²) in [6.07, 6.45) is -0.938. The molecular formula is C19H23F2NO4. The van der Waals surface area contributed by atoms with Gasteiger partial charge in [0, 0.05) is 11.8 Å². The predicted molar refractivity (Wildman–Crippen MR) is 92.7 cm³/mol. The zero-order valence-electron chi connectivity index (χ0n) is 14.9. The van der Waals surface area contributed by atoms with E-state index >= 15 is 0 Å². The van der Waals surface area contributed by atoms with Crippen LogP contribution < -0.4 is 10.1 Å². The molecule has 1 aromatic heterocycles. The van der Waals surface area contributed by atoms with E-state index in [0.29, 0.717) is 35.0 Å². The summed E-state index contributed by atoms with van der Waals surface area (Å²) in [5.41, 5.74) is -0.627. The van der Waals surface area contributed by atoms with Gasteiger partial charge in [-0.15, -0.1) is 0 Å². The molecule has 2 N–H and O–H groups in total. The molecule has 5 nitrogen and oxygen atoms in total. The number of hydrogen-bond donors (Lipinski definition) is 2. The Balaban J connectivity index is 1.85. The van der Waals surface area contributed by atoms with Crippen molar-refractivity contribution in [3.8, 4) is 5.75 Å². The number of carbonyl (C=O) groups excluding carboxylic acids is 1. The molecule has 142 valence electrons. The Morgan fingerprint density at radius 1 is 1.46 bits per heavy atom. The minimum atomic E-state index is -2.64. The number of amides is 1. The van der Waals surface area contributed by atoms with Crippen LogP contribution in [0.4, 0.5) is 8.78 Å². The van der Waals surface area contributed by atoms with Crippen molar-refractivity contribution >= 4 is 16.9 Å². The van der Waals surface area contributed by atoms with Crippen molar-refractivity contribution in [2.45, 2.75) is 45.1 Å². The Hall–Kier alpha value is -2.15. The molecule has 1 aromatic carbocycles. The van der Waals surface area contributed by atoms with Gasteiger partial charge in [-0.1, -0.05) is 0 Å². The third-order valence-corrected chi connectivity index (χ3v) is 4.61. The van der Waals surface area contributed by atoms with E-state index in [1.807, 2.05) is 0 Å². The number of aliphatic hydroxyl groups excluding tert-OH is 1. The van der Waals surface area contributed by atoms with Gasteiger partial charge in [0.2, 0.25) is 6.43 Å². The normalized spacial score (nSPS) is 16.7. The number of halogens is 2. The van der Waals surface area contributed by atoms with Gasteiger partial charge in [-0.25, -0.2) is 8.78 Å². The van der Waals surface area contributed by atoms with Crippen LogP contribution in [0.1, 0.15) is 42.3 Å². The second-order valence-corrected chi connectivity index (χ2v) is 7.21. The maximum atomic E-state index is 12.8. The Bertz CT molecular complexity index is 800. The lowest BCUT2D eigenvalue weighted by Gasteiger charge is -2.28. The molecular weight excluding hydrogens is 344 g/mol. The summed E-state index contributed by atoms with van der Waals surface area (Å²) in [7, 11) is 0. The van der Waals surface area contributed by atoms with Crippen LogP contribution in [0.2, 0.25) is 0 Å². The van der Waals surface area contributed by atoms with Crippen LogP contribution in [0, 0.1) is 12.8 Å². The minimum absolute atomic E-state index is 0.269. The quantitative estimate of drug-likeness (QED) is 0.747.